The molecule has 0 unspecified atom stereocenters. The number of rotatable bonds is 0. The van der Waals surface area contributed by atoms with Gasteiger partial charge in [0.2, 0.25) is 0 Å². The van der Waals surface area contributed by atoms with E-state index in [1.54, 1.807) is 0 Å². The van der Waals surface area contributed by atoms with E-state index in [0.717, 1.165) is 11.1 Å². The molecule has 0 nitrogen and oxygen atoms in total. The van der Waals surface area contributed by atoms with E-state index in [0.29, 0.717) is 0 Å². The first-order valence-corrected chi connectivity index (χ1v) is 6.46. The van der Waals surface area contributed by atoms with Crippen molar-refractivity contribution < 1.29 is 0 Å². The molecule has 0 fully saturated rings. The highest BCUT2D eigenvalue weighted by Gasteiger charge is 2.09. The third-order valence-electron chi connectivity index (χ3n) is 3.87. The summed E-state index contributed by atoms with van der Waals surface area (Å²) >= 11 is 0. The zero-order valence-electron chi connectivity index (χ0n) is 10.8. The van der Waals surface area contributed by atoms with E-state index >= 15 is 0 Å². The predicted molar refractivity (Wildman–Crippen MR) is 86.0 cm³/mol. The first-order chi connectivity index (χ1) is 9.80. The normalized spacial score (nSPS) is 10.9. The smallest absolute Gasteiger partial charge is 0.0254 e. The molecule has 0 heterocycles. The van der Waals surface area contributed by atoms with E-state index in [4.69, 9.17) is 12.8 Å². The van der Waals surface area contributed by atoms with Gasteiger partial charge in [-0.3, -0.25) is 0 Å². The van der Waals surface area contributed by atoms with Crippen LogP contribution in [0, 0.1) is 24.7 Å². The van der Waals surface area contributed by atoms with Gasteiger partial charge in [0.05, 0.1) is 0 Å². The lowest BCUT2D eigenvalue weighted by Crippen LogP contribution is -1.86. The zero-order chi connectivity index (χ0) is 13.7. The van der Waals surface area contributed by atoms with Crippen LogP contribution in [0.4, 0.5) is 0 Å². The van der Waals surface area contributed by atoms with Crippen molar-refractivity contribution >= 4 is 32.3 Å². The molecule has 4 aromatic carbocycles. The van der Waals surface area contributed by atoms with E-state index in [1.165, 1.54) is 32.3 Å². The fourth-order valence-electron chi connectivity index (χ4n) is 3.00. The fraction of sp³-hybridized carbons (Fsp3) is 0. The quantitative estimate of drug-likeness (QED) is 0.317. The summed E-state index contributed by atoms with van der Waals surface area (Å²) in [5, 5.41) is 7.26. The third kappa shape index (κ3) is 1.34. The first-order valence-electron chi connectivity index (χ1n) is 6.46. The summed E-state index contributed by atoms with van der Waals surface area (Å²) < 4.78 is 0. The van der Waals surface area contributed by atoms with Gasteiger partial charge in [-0.15, -0.1) is 12.8 Å². The Labute approximate surface area is 117 Å². The molecule has 0 atom stereocenters. The number of hydrogen-bond donors (Lipinski definition) is 0. The lowest BCUT2D eigenvalue weighted by atomic mass is 9.92. The van der Waals surface area contributed by atoms with Crippen molar-refractivity contribution in [2.75, 3.05) is 0 Å². The first kappa shape index (κ1) is 10.9. The predicted octanol–water partition coefficient (Wildman–Crippen LogP) is 4.55. The van der Waals surface area contributed by atoms with Crippen LogP contribution in [-0.2, 0) is 0 Å². The molecule has 0 saturated carbocycles. The Kier molecular flexibility index (Phi) is 2.06. The lowest BCUT2D eigenvalue weighted by Gasteiger charge is -2.11. The molecule has 0 heteroatoms. The Morgan fingerprint density at radius 2 is 0.850 bits per heavy atom. The molecule has 0 aliphatic rings. The summed E-state index contributed by atoms with van der Waals surface area (Å²) in [5.41, 5.74) is 1.83. The van der Waals surface area contributed by atoms with Crippen LogP contribution in [-0.4, -0.2) is 0 Å². The van der Waals surface area contributed by atoms with E-state index in [-0.39, 0.29) is 0 Å². The maximum absolute atomic E-state index is 5.53. The molecule has 20 heavy (non-hydrogen) atoms. The molecule has 0 amide bonds. The Morgan fingerprint density at radius 3 is 1.10 bits per heavy atom. The fourth-order valence-corrected chi connectivity index (χ4v) is 3.00. The van der Waals surface area contributed by atoms with Gasteiger partial charge in [-0.25, -0.2) is 0 Å². The van der Waals surface area contributed by atoms with Crippen LogP contribution in [0.15, 0.2) is 48.5 Å². The molecule has 0 N–H and O–H groups in total. The molecule has 0 saturated heterocycles. The summed E-state index contributed by atoms with van der Waals surface area (Å²) in [4.78, 5) is 0. The molecule has 0 aromatic heterocycles. The number of benzene rings is 4. The largest absolute Gasteiger partial charge is 0.115 e. The third-order valence-corrected chi connectivity index (χ3v) is 3.87. The zero-order valence-corrected chi connectivity index (χ0v) is 10.8. The van der Waals surface area contributed by atoms with Crippen LogP contribution in [0.3, 0.4) is 0 Å². The van der Waals surface area contributed by atoms with Crippen molar-refractivity contribution in [1.82, 2.24) is 0 Å². The Bertz CT molecular complexity index is 899. The van der Waals surface area contributed by atoms with Crippen LogP contribution < -0.4 is 0 Å². The minimum Gasteiger partial charge on any atom is -0.115 e. The highest BCUT2D eigenvalue weighted by atomic mass is 14.1. The summed E-state index contributed by atoms with van der Waals surface area (Å²) in [6.45, 7) is 0. The maximum Gasteiger partial charge on any atom is 0.0254 e. The van der Waals surface area contributed by atoms with Crippen molar-refractivity contribution in [2.45, 2.75) is 0 Å². The molecule has 0 aliphatic carbocycles. The molecular formula is C20H10. The Hall–Kier alpha value is -2.96. The summed E-state index contributed by atoms with van der Waals surface area (Å²) in [7, 11) is 0. The Morgan fingerprint density at radius 1 is 0.550 bits per heavy atom. The van der Waals surface area contributed by atoms with Crippen LogP contribution in [0.1, 0.15) is 11.1 Å². The summed E-state index contributed by atoms with van der Waals surface area (Å²) in [5.74, 6) is 5.44. The van der Waals surface area contributed by atoms with Crippen molar-refractivity contribution in [3.8, 4) is 24.7 Å². The maximum atomic E-state index is 5.53. The van der Waals surface area contributed by atoms with Gasteiger partial charge in [-0.05, 0) is 56.6 Å². The molecular weight excluding hydrogens is 240 g/mol. The van der Waals surface area contributed by atoms with Crippen molar-refractivity contribution in [3.63, 3.8) is 0 Å². The number of hydrogen-bond acceptors (Lipinski definition) is 0. The molecule has 0 spiro atoms. The van der Waals surface area contributed by atoms with E-state index < -0.39 is 0 Å². The van der Waals surface area contributed by atoms with Gasteiger partial charge in [-0.2, -0.15) is 0 Å². The second-order valence-electron chi connectivity index (χ2n) is 5.01. The van der Waals surface area contributed by atoms with E-state index in [9.17, 15) is 0 Å². The lowest BCUT2D eigenvalue weighted by molar-refractivity contribution is 1.71. The molecule has 4 rings (SSSR count). The number of terminal acetylenes is 2. The highest BCUT2D eigenvalue weighted by Crippen LogP contribution is 2.35. The average Bonchev–Trinajstić information content (AvgIpc) is 2.51. The topological polar surface area (TPSA) is 0 Å². The molecule has 4 aromatic rings. The van der Waals surface area contributed by atoms with Crippen molar-refractivity contribution in [3.05, 3.63) is 59.7 Å². The Balaban J connectivity index is 2.32. The van der Waals surface area contributed by atoms with Crippen LogP contribution in [0.5, 0.6) is 0 Å². The van der Waals surface area contributed by atoms with Gasteiger partial charge < -0.3 is 0 Å². The van der Waals surface area contributed by atoms with Gasteiger partial charge in [0, 0.05) is 11.1 Å². The highest BCUT2D eigenvalue weighted by molar-refractivity contribution is 6.23. The van der Waals surface area contributed by atoms with Crippen LogP contribution >= 0.6 is 0 Å². The van der Waals surface area contributed by atoms with E-state index in [2.05, 4.69) is 60.4 Å². The summed E-state index contributed by atoms with van der Waals surface area (Å²) in [6.07, 6.45) is 11.1. The van der Waals surface area contributed by atoms with Crippen molar-refractivity contribution in [2.24, 2.45) is 0 Å². The van der Waals surface area contributed by atoms with Gasteiger partial charge in [0.1, 0.15) is 0 Å². The van der Waals surface area contributed by atoms with Crippen molar-refractivity contribution in [1.29, 1.82) is 0 Å². The second kappa shape index (κ2) is 3.77. The second-order valence-corrected chi connectivity index (χ2v) is 5.01. The van der Waals surface area contributed by atoms with E-state index in [1.807, 2.05) is 0 Å². The molecule has 0 aliphatic heterocycles. The van der Waals surface area contributed by atoms with Gasteiger partial charge >= 0.3 is 0 Å². The molecule has 90 valence electrons. The van der Waals surface area contributed by atoms with Crippen LogP contribution in [0.25, 0.3) is 32.3 Å². The van der Waals surface area contributed by atoms with Gasteiger partial charge in [0.15, 0.2) is 0 Å². The average molecular weight is 250 g/mol. The standard InChI is InChI=1S/C20H10/c1-3-13-9-15-5-7-17-11-14(4-2)12-18-8-6-16(10-13)19(15)20(17)18/h1-2,5-12H. The summed E-state index contributed by atoms with van der Waals surface area (Å²) in [6, 6.07) is 16.7. The SMILES string of the molecule is C#Cc1cc2ccc3cc(C#C)cc4ccc(c1)c2c34. The molecule has 0 radical (unpaired) electrons. The minimum atomic E-state index is 0.917. The minimum absolute atomic E-state index is 0.917. The van der Waals surface area contributed by atoms with Gasteiger partial charge in [-0.1, -0.05) is 36.1 Å². The van der Waals surface area contributed by atoms with Crippen LogP contribution in [0.2, 0.25) is 0 Å². The van der Waals surface area contributed by atoms with Gasteiger partial charge in [0.25, 0.3) is 0 Å². The molecule has 0 bridgehead atoms. The monoisotopic (exact) mass is 250 g/mol.